The van der Waals surface area contributed by atoms with Gasteiger partial charge in [0, 0.05) is 19.5 Å². The summed E-state index contributed by atoms with van der Waals surface area (Å²) in [6.07, 6.45) is 1.72. The van der Waals surface area contributed by atoms with Crippen molar-refractivity contribution in [2.75, 3.05) is 19.3 Å². The predicted molar refractivity (Wildman–Crippen MR) is 60.9 cm³/mol. The standard InChI is InChI=1S/C8H15N5O3S/c1-3-6-11-7(13-12-6)8(14)9-4-5-10-17(2,15)16/h10H,3-5H2,1-2H3,(H,9,14)(H,11,12,13). The highest BCUT2D eigenvalue weighted by molar-refractivity contribution is 7.88. The lowest BCUT2D eigenvalue weighted by molar-refractivity contribution is 0.0944. The maximum Gasteiger partial charge on any atom is 0.291 e. The fourth-order valence-corrected chi connectivity index (χ4v) is 1.52. The zero-order valence-corrected chi connectivity index (χ0v) is 10.5. The zero-order valence-electron chi connectivity index (χ0n) is 9.65. The number of aryl methyl sites for hydroxylation is 1. The van der Waals surface area contributed by atoms with Gasteiger partial charge in [-0.25, -0.2) is 18.1 Å². The number of carbonyl (C=O) groups excluding carboxylic acids is 1. The molecule has 0 fully saturated rings. The molecule has 9 heteroatoms. The highest BCUT2D eigenvalue weighted by atomic mass is 32.2. The molecule has 0 aliphatic carbocycles. The van der Waals surface area contributed by atoms with Crippen molar-refractivity contribution in [2.45, 2.75) is 13.3 Å². The molecule has 0 saturated carbocycles. The second kappa shape index (κ2) is 5.73. The SMILES string of the molecule is CCc1nc(C(=O)NCCNS(C)(=O)=O)n[nH]1. The van der Waals surface area contributed by atoms with Gasteiger partial charge in [0.2, 0.25) is 15.8 Å². The lowest BCUT2D eigenvalue weighted by Gasteiger charge is -2.02. The molecule has 0 radical (unpaired) electrons. The van der Waals surface area contributed by atoms with E-state index in [1.54, 1.807) is 0 Å². The monoisotopic (exact) mass is 261 g/mol. The minimum absolute atomic E-state index is 0.0567. The van der Waals surface area contributed by atoms with Gasteiger partial charge < -0.3 is 5.32 Å². The summed E-state index contributed by atoms with van der Waals surface area (Å²) in [4.78, 5) is 15.4. The smallest absolute Gasteiger partial charge is 0.291 e. The molecule has 0 aromatic carbocycles. The quantitative estimate of drug-likeness (QED) is 0.547. The van der Waals surface area contributed by atoms with Crippen LogP contribution in [0.1, 0.15) is 23.4 Å². The first-order valence-corrected chi connectivity index (χ1v) is 6.95. The van der Waals surface area contributed by atoms with E-state index >= 15 is 0 Å². The van der Waals surface area contributed by atoms with Crippen molar-refractivity contribution in [3.05, 3.63) is 11.6 Å². The van der Waals surface area contributed by atoms with E-state index in [1.165, 1.54) is 0 Å². The Bertz CT molecular complexity index is 481. The predicted octanol–water partition coefficient (Wildman–Crippen LogP) is -1.35. The van der Waals surface area contributed by atoms with Crippen molar-refractivity contribution in [3.63, 3.8) is 0 Å². The van der Waals surface area contributed by atoms with E-state index in [0.29, 0.717) is 12.2 Å². The van der Waals surface area contributed by atoms with Crippen LogP contribution in [0.2, 0.25) is 0 Å². The summed E-state index contributed by atoms with van der Waals surface area (Å²) < 4.78 is 23.7. The summed E-state index contributed by atoms with van der Waals surface area (Å²) in [5.41, 5.74) is 0. The average Bonchev–Trinajstić information content (AvgIpc) is 2.71. The third kappa shape index (κ3) is 4.91. The van der Waals surface area contributed by atoms with Crippen LogP contribution in [0.4, 0.5) is 0 Å². The Morgan fingerprint density at radius 2 is 2.12 bits per heavy atom. The molecule has 1 aromatic heterocycles. The second-order valence-corrected chi connectivity index (χ2v) is 5.21. The van der Waals surface area contributed by atoms with E-state index in [2.05, 4.69) is 25.2 Å². The third-order valence-corrected chi connectivity index (χ3v) is 2.57. The van der Waals surface area contributed by atoms with Crippen molar-refractivity contribution in [3.8, 4) is 0 Å². The van der Waals surface area contributed by atoms with E-state index < -0.39 is 15.9 Å². The van der Waals surface area contributed by atoms with E-state index in [9.17, 15) is 13.2 Å². The highest BCUT2D eigenvalue weighted by Gasteiger charge is 2.11. The Kier molecular flexibility index (Phi) is 4.58. The van der Waals surface area contributed by atoms with Gasteiger partial charge in [-0.2, -0.15) is 0 Å². The number of nitrogens with one attached hydrogen (secondary N) is 3. The van der Waals surface area contributed by atoms with Gasteiger partial charge in [0.1, 0.15) is 5.82 Å². The van der Waals surface area contributed by atoms with Crippen molar-refractivity contribution >= 4 is 15.9 Å². The summed E-state index contributed by atoms with van der Waals surface area (Å²) >= 11 is 0. The summed E-state index contributed by atoms with van der Waals surface area (Å²) in [6, 6.07) is 0. The van der Waals surface area contributed by atoms with Gasteiger partial charge in [-0.05, 0) is 0 Å². The number of sulfonamides is 1. The van der Waals surface area contributed by atoms with E-state index in [-0.39, 0.29) is 18.9 Å². The first-order chi connectivity index (χ1) is 7.92. The van der Waals surface area contributed by atoms with Gasteiger partial charge in [-0.3, -0.25) is 9.89 Å². The maximum atomic E-state index is 11.5. The second-order valence-electron chi connectivity index (χ2n) is 3.38. The van der Waals surface area contributed by atoms with Crippen LogP contribution in [0.5, 0.6) is 0 Å². The van der Waals surface area contributed by atoms with Crippen LogP contribution in [-0.4, -0.2) is 48.9 Å². The van der Waals surface area contributed by atoms with E-state index in [1.807, 2.05) is 6.92 Å². The third-order valence-electron chi connectivity index (χ3n) is 1.84. The van der Waals surface area contributed by atoms with E-state index in [0.717, 1.165) is 6.26 Å². The van der Waals surface area contributed by atoms with E-state index in [4.69, 9.17) is 0 Å². The normalized spacial score (nSPS) is 11.4. The number of carbonyl (C=O) groups is 1. The van der Waals surface area contributed by atoms with Crippen LogP contribution in [0.3, 0.4) is 0 Å². The van der Waals surface area contributed by atoms with Crippen LogP contribution in [0.25, 0.3) is 0 Å². The van der Waals surface area contributed by atoms with Crippen LogP contribution in [0.15, 0.2) is 0 Å². The van der Waals surface area contributed by atoms with Gasteiger partial charge >= 0.3 is 0 Å². The molecule has 17 heavy (non-hydrogen) atoms. The molecule has 0 atom stereocenters. The Morgan fingerprint density at radius 3 is 2.65 bits per heavy atom. The Labute approximate surface area is 99.3 Å². The van der Waals surface area contributed by atoms with Crippen molar-refractivity contribution in [1.29, 1.82) is 0 Å². The van der Waals surface area contributed by atoms with Crippen molar-refractivity contribution in [2.24, 2.45) is 0 Å². The van der Waals surface area contributed by atoms with Crippen LogP contribution in [-0.2, 0) is 16.4 Å². The number of rotatable bonds is 6. The fraction of sp³-hybridized carbons (Fsp3) is 0.625. The zero-order chi connectivity index (χ0) is 12.9. The van der Waals surface area contributed by atoms with Crippen LogP contribution < -0.4 is 10.0 Å². The topological polar surface area (TPSA) is 117 Å². The molecular formula is C8H15N5O3S. The largest absolute Gasteiger partial charge is 0.348 e. The number of amides is 1. The number of nitrogens with zero attached hydrogens (tertiary/aromatic N) is 2. The summed E-state index contributed by atoms with van der Waals surface area (Å²) in [5.74, 6) is 0.252. The lowest BCUT2D eigenvalue weighted by Crippen LogP contribution is -2.34. The number of H-pyrrole nitrogens is 1. The molecule has 0 aliphatic heterocycles. The summed E-state index contributed by atoms with van der Waals surface area (Å²) in [6.45, 7) is 2.20. The number of hydrogen-bond donors (Lipinski definition) is 3. The lowest BCUT2D eigenvalue weighted by atomic mass is 10.4. The van der Waals surface area contributed by atoms with Gasteiger partial charge in [0.05, 0.1) is 6.26 Å². The maximum absolute atomic E-state index is 11.5. The average molecular weight is 261 g/mol. The van der Waals surface area contributed by atoms with Gasteiger partial charge in [0.15, 0.2) is 0 Å². The molecule has 0 unspecified atom stereocenters. The Balaban J connectivity index is 2.35. The van der Waals surface area contributed by atoms with Gasteiger partial charge in [-0.15, -0.1) is 5.10 Å². The van der Waals surface area contributed by atoms with Crippen LogP contribution >= 0.6 is 0 Å². The molecule has 8 nitrogen and oxygen atoms in total. The molecule has 1 rings (SSSR count). The summed E-state index contributed by atoms with van der Waals surface area (Å²) in [7, 11) is -3.23. The number of aromatic nitrogens is 3. The number of hydrogen-bond acceptors (Lipinski definition) is 5. The Morgan fingerprint density at radius 1 is 1.41 bits per heavy atom. The van der Waals surface area contributed by atoms with Gasteiger partial charge in [0.25, 0.3) is 5.91 Å². The van der Waals surface area contributed by atoms with Gasteiger partial charge in [-0.1, -0.05) is 6.92 Å². The Hall–Kier alpha value is -1.48. The molecule has 0 saturated heterocycles. The van der Waals surface area contributed by atoms with Crippen LogP contribution in [0, 0.1) is 0 Å². The van der Waals surface area contributed by atoms with Crippen molar-refractivity contribution < 1.29 is 13.2 Å². The first kappa shape index (κ1) is 13.6. The molecular weight excluding hydrogens is 246 g/mol. The first-order valence-electron chi connectivity index (χ1n) is 5.06. The minimum atomic E-state index is -3.23. The number of aromatic amines is 1. The molecule has 0 spiro atoms. The molecule has 1 heterocycles. The fourth-order valence-electron chi connectivity index (χ4n) is 1.05. The molecule has 1 aromatic rings. The molecule has 3 N–H and O–H groups in total. The minimum Gasteiger partial charge on any atom is -0.348 e. The molecule has 1 amide bonds. The summed E-state index contributed by atoms with van der Waals surface area (Å²) in [5, 5.41) is 8.84. The molecule has 0 bridgehead atoms. The molecule has 96 valence electrons. The highest BCUT2D eigenvalue weighted by Crippen LogP contribution is 1.92. The van der Waals surface area contributed by atoms with Crippen molar-refractivity contribution in [1.82, 2.24) is 25.2 Å². The molecule has 0 aliphatic rings.